The molecule has 0 saturated heterocycles. The van der Waals surface area contributed by atoms with Gasteiger partial charge in [0.15, 0.2) is 0 Å². The lowest BCUT2D eigenvalue weighted by atomic mass is 9.80. The third kappa shape index (κ3) is 3.49. The maximum absolute atomic E-state index is 13.2. The van der Waals surface area contributed by atoms with Crippen molar-refractivity contribution in [3.05, 3.63) is 53.5 Å². The van der Waals surface area contributed by atoms with E-state index in [1.54, 1.807) is 23.1 Å². The second kappa shape index (κ2) is 7.34. The summed E-state index contributed by atoms with van der Waals surface area (Å²) in [6.45, 7) is 5.54. The summed E-state index contributed by atoms with van der Waals surface area (Å²) in [5, 5.41) is 12.7. The number of hydrogen-bond donors (Lipinski definition) is 2. The van der Waals surface area contributed by atoms with Crippen LogP contribution in [0.15, 0.2) is 36.5 Å². The molecule has 1 aliphatic heterocycles. The molecule has 6 nitrogen and oxygen atoms in total. The standard InChI is InChI=1S/C20H22FN3O3/c1-4-16-11(2)19(23-18-8-6-14(21)10-22-18)15-9-13(20(26)27)5-7-17(15)24(16)12(3)25/h5-11,16,19H,4H2,1-3H3,(H,22,23)(H,26,27). The van der Waals surface area contributed by atoms with Gasteiger partial charge in [0.1, 0.15) is 11.6 Å². The first kappa shape index (κ1) is 18.8. The van der Waals surface area contributed by atoms with Crippen LogP contribution >= 0.6 is 0 Å². The van der Waals surface area contributed by atoms with Crippen LogP contribution in [0.5, 0.6) is 0 Å². The van der Waals surface area contributed by atoms with E-state index in [1.807, 2.05) is 13.8 Å². The number of carbonyl (C=O) groups is 2. The van der Waals surface area contributed by atoms with Gasteiger partial charge < -0.3 is 15.3 Å². The van der Waals surface area contributed by atoms with Gasteiger partial charge in [-0.3, -0.25) is 4.79 Å². The van der Waals surface area contributed by atoms with Crippen molar-refractivity contribution < 1.29 is 19.1 Å². The highest BCUT2D eigenvalue weighted by atomic mass is 19.1. The molecule has 0 fully saturated rings. The van der Waals surface area contributed by atoms with Crippen molar-refractivity contribution in [2.24, 2.45) is 5.92 Å². The van der Waals surface area contributed by atoms with Crippen molar-refractivity contribution in [3.8, 4) is 0 Å². The molecule has 0 aliphatic carbocycles. The molecule has 142 valence electrons. The van der Waals surface area contributed by atoms with Crippen LogP contribution in [0.3, 0.4) is 0 Å². The maximum Gasteiger partial charge on any atom is 0.335 e. The Bertz CT molecular complexity index is 869. The summed E-state index contributed by atoms with van der Waals surface area (Å²) in [6.07, 6.45) is 1.87. The fraction of sp³-hybridized carbons (Fsp3) is 0.350. The Morgan fingerprint density at radius 2 is 2.04 bits per heavy atom. The number of pyridine rings is 1. The van der Waals surface area contributed by atoms with Crippen molar-refractivity contribution in [1.29, 1.82) is 0 Å². The number of hydrogen-bond acceptors (Lipinski definition) is 4. The molecule has 1 amide bonds. The third-order valence-corrected chi connectivity index (χ3v) is 5.12. The maximum atomic E-state index is 13.2. The summed E-state index contributed by atoms with van der Waals surface area (Å²) in [6, 6.07) is 7.32. The molecule has 2 N–H and O–H groups in total. The molecule has 3 unspecified atom stereocenters. The zero-order chi connectivity index (χ0) is 19.7. The molecule has 1 aromatic heterocycles. The fourth-order valence-electron chi connectivity index (χ4n) is 3.86. The van der Waals surface area contributed by atoms with Gasteiger partial charge in [0.2, 0.25) is 5.91 Å². The first-order chi connectivity index (χ1) is 12.8. The van der Waals surface area contributed by atoms with Crippen molar-refractivity contribution in [1.82, 2.24) is 4.98 Å². The lowest BCUT2D eigenvalue weighted by molar-refractivity contribution is -0.117. The van der Waals surface area contributed by atoms with Gasteiger partial charge in [-0.25, -0.2) is 14.2 Å². The van der Waals surface area contributed by atoms with E-state index in [1.165, 1.54) is 19.1 Å². The topological polar surface area (TPSA) is 82.5 Å². The van der Waals surface area contributed by atoms with Crippen LogP contribution in [0, 0.1) is 11.7 Å². The molecule has 2 aromatic rings. The molecule has 1 aromatic carbocycles. The van der Waals surface area contributed by atoms with Gasteiger partial charge in [-0.15, -0.1) is 0 Å². The van der Waals surface area contributed by atoms with E-state index >= 15 is 0 Å². The number of anilines is 2. The highest BCUT2D eigenvalue weighted by Gasteiger charge is 2.40. The summed E-state index contributed by atoms with van der Waals surface area (Å²) in [5.74, 6) is -1.07. The molecular weight excluding hydrogens is 349 g/mol. The molecular formula is C20H22FN3O3. The molecule has 3 rings (SSSR count). The molecule has 3 atom stereocenters. The second-order valence-electron chi connectivity index (χ2n) is 6.79. The number of benzene rings is 1. The number of nitrogens with one attached hydrogen (secondary N) is 1. The molecule has 1 aliphatic rings. The summed E-state index contributed by atoms with van der Waals surface area (Å²) in [5.41, 5.74) is 1.56. The predicted octanol–water partition coefficient (Wildman–Crippen LogP) is 3.85. The molecule has 0 bridgehead atoms. The van der Waals surface area contributed by atoms with Crippen LogP contribution < -0.4 is 10.2 Å². The molecule has 0 radical (unpaired) electrons. The zero-order valence-corrected chi connectivity index (χ0v) is 15.4. The van der Waals surface area contributed by atoms with Crippen LogP contribution in [0.2, 0.25) is 0 Å². The monoisotopic (exact) mass is 371 g/mol. The first-order valence-corrected chi connectivity index (χ1v) is 8.88. The fourth-order valence-corrected chi connectivity index (χ4v) is 3.86. The molecule has 2 heterocycles. The van der Waals surface area contributed by atoms with E-state index in [2.05, 4.69) is 10.3 Å². The van der Waals surface area contributed by atoms with Gasteiger partial charge in [-0.05, 0) is 42.3 Å². The van der Waals surface area contributed by atoms with Crippen molar-refractivity contribution in [2.75, 3.05) is 10.2 Å². The average Bonchev–Trinajstić information content (AvgIpc) is 2.64. The Balaban J connectivity index is 2.12. The van der Waals surface area contributed by atoms with E-state index in [0.29, 0.717) is 17.1 Å². The first-order valence-electron chi connectivity index (χ1n) is 8.88. The Morgan fingerprint density at radius 1 is 1.30 bits per heavy atom. The number of carboxylic acids is 1. The van der Waals surface area contributed by atoms with E-state index in [0.717, 1.165) is 12.6 Å². The highest BCUT2D eigenvalue weighted by Crippen LogP contribution is 2.43. The van der Waals surface area contributed by atoms with Gasteiger partial charge in [0, 0.05) is 24.6 Å². The van der Waals surface area contributed by atoms with E-state index < -0.39 is 11.8 Å². The Labute approximate surface area is 157 Å². The number of carbonyl (C=O) groups excluding carboxylic acids is 1. The number of amides is 1. The highest BCUT2D eigenvalue weighted by molar-refractivity contribution is 5.95. The second-order valence-corrected chi connectivity index (χ2v) is 6.79. The van der Waals surface area contributed by atoms with Gasteiger partial charge in [0.25, 0.3) is 0 Å². The van der Waals surface area contributed by atoms with Gasteiger partial charge in [-0.2, -0.15) is 0 Å². The van der Waals surface area contributed by atoms with Gasteiger partial charge >= 0.3 is 5.97 Å². The number of aromatic nitrogens is 1. The number of fused-ring (bicyclic) bond motifs is 1. The van der Waals surface area contributed by atoms with Crippen molar-refractivity contribution >= 4 is 23.4 Å². The van der Waals surface area contributed by atoms with E-state index in [-0.39, 0.29) is 29.5 Å². The van der Waals surface area contributed by atoms with Crippen molar-refractivity contribution in [3.63, 3.8) is 0 Å². The minimum Gasteiger partial charge on any atom is -0.478 e. The van der Waals surface area contributed by atoms with Gasteiger partial charge in [0.05, 0.1) is 17.8 Å². The van der Waals surface area contributed by atoms with Gasteiger partial charge in [-0.1, -0.05) is 13.8 Å². The largest absolute Gasteiger partial charge is 0.478 e. The smallest absolute Gasteiger partial charge is 0.335 e. The number of halogens is 1. The quantitative estimate of drug-likeness (QED) is 0.853. The van der Waals surface area contributed by atoms with Crippen LogP contribution in [-0.2, 0) is 4.79 Å². The van der Waals surface area contributed by atoms with E-state index in [4.69, 9.17) is 0 Å². The normalized spacial score (nSPS) is 21.5. The summed E-state index contributed by atoms with van der Waals surface area (Å²) in [7, 11) is 0. The average molecular weight is 371 g/mol. The zero-order valence-electron chi connectivity index (χ0n) is 15.4. The molecule has 7 heteroatoms. The third-order valence-electron chi connectivity index (χ3n) is 5.12. The van der Waals surface area contributed by atoms with Crippen LogP contribution in [-0.4, -0.2) is 28.0 Å². The Morgan fingerprint density at radius 3 is 2.59 bits per heavy atom. The number of rotatable bonds is 4. The number of carboxylic acid groups (broad SMARTS) is 1. The lowest BCUT2D eigenvalue weighted by Gasteiger charge is -2.45. The summed E-state index contributed by atoms with van der Waals surface area (Å²) >= 11 is 0. The van der Waals surface area contributed by atoms with Crippen LogP contribution in [0.4, 0.5) is 15.9 Å². The molecule has 0 saturated carbocycles. The lowest BCUT2D eigenvalue weighted by Crippen LogP contribution is -2.49. The Hall–Kier alpha value is -2.96. The van der Waals surface area contributed by atoms with Crippen LogP contribution in [0.1, 0.15) is 49.2 Å². The summed E-state index contributed by atoms with van der Waals surface area (Å²) in [4.78, 5) is 29.6. The Kier molecular flexibility index (Phi) is 5.12. The van der Waals surface area contributed by atoms with Crippen molar-refractivity contribution in [2.45, 2.75) is 39.3 Å². The predicted molar refractivity (Wildman–Crippen MR) is 100 cm³/mol. The SMILES string of the molecule is CCC1C(C)C(Nc2ccc(F)cn2)c2cc(C(=O)O)ccc2N1C(C)=O. The number of nitrogens with zero attached hydrogens (tertiary/aromatic N) is 2. The minimum atomic E-state index is -1.03. The van der Waals surface area contributed by atoms with Crippen LogP contribution in [0.25, 0.3) is 0 Å². The van der Waals surface area contributed by atoms with E-state index in [9.17, 15) is 19.1 Å². The number of aromatic carboxylic acids is 1. The molecule has 0 spiro atoms. The minimum absolute atomic E-state index is 0.0118. The summed E-state index contributed by atoms with van der Waals surface area (Å²) < 4.78 is 13.2. The molecule has 27 heavy (non-hydrogen) atoms.